The summed E-state index contributed by atoms with van der Waals surface area (Å²) in [6.45, 7) is 1.92. The van der Waals surface area contributed by atoms with E-state index in [1.54, 1.807) is 16.8 Å². The Bertz CT molecular complexity index is 1680. The number of benzene rings is 2. The molecule has 6 nitrogen and oxygen atoms in total. The second-order valence-electron chi connectivity index (χ2n) is 7.60. The van der Waals surface area contributed by atoms with Crippen LogP contribution in [0.2, 0.25) is 0 Å². The van der Waals surface area contributed by atoms with Gasteiger partial charge in [-0.15, -0.1) is 0 Å². The summed E-state index contributed by atoms with van der Waals surface area (Å²) in [5.74, 6) is -0.554. The molecule has 0 fully saturated rings. The summed E-state index contributed by atoms with van der Waals surface area (Å²) in [7, 11) is -3.51. The first-order valence-corrected chi connectivity index (χ1v) is 11.4. The lowest BCUT2D eigenvalue weighted by molar-refractivity contribution is 0.552. The molecule has 0 saturated carbocycles. The third-order valence-electron chi connectivity index (χ3n) is 5.42. The van der Waals surface area contributed by atoms with Crippen LogP contribution in [0.25, 0.3) is 32.9 Å². The molecule has 0 N–H and O–H groups in total. The Morgan fingerprint density at radius 2 is 1.90 bits per heavy atom. The predicted molar refractivity (Wildman–Crippen MR) is 117 cm³/mol. The third kappa shape index (κ3) is 3.11. The highest BCUT2D eigenvalue weighted by molar-refractivity contribution is 7.90. The number of halogens is 1. The van der Waals surface area contributed by atoms with Gasteiger partial charge in [0, 0.05) is 39.7 Å². The zero-order chi connectivity index (χ0) is 21.9. The maximum absolute atomic E-state index is 14.6. The Balaban J connectivity index is 1.88. The topological polar surface area (TPSA) is 82.2 Å². The van der Waals surface area contributed by atoms with Crippen molar-refractivity contribution in [2.75, 3.05) is 6.26 Å². The molecular formula is C23H17FN2O4S. The normalized spacial score (nSPS) is 12.2. The Kier molecular flexibility index (Phi) is 4.23. The molecule has 0 unspecified atom stereocenters. The Morgan fingerprint density at radius 3 is 2.68 bits per heavy atom. The second-order valence-corrected chi connectivity index (χ2v) is 9.62. The molecule has 3 heterocycles. The van der Waals surface area contributed by atoms with E-state index in [0.29, 0.717) is 16.3 Å². The average molecular weight is 436 g/mol. The Hall–Kier alpha value is -3.52. The number of rotatable bonds is 3. The van der Waals surface area contributed by atoms with Crippen molar-refractivity contribution < 1.29 is 17.2 Å². The van der Waals surface area contributed by atoms with E-state index in [1.165, 1.54) is 12.1 Å². The summed E-state index contributed by atoms with van der Waals surface area (Å²) < 4.78 is 45.7. The number of nitrogens with zero attached hydrogens (tertiary/aromatic N) is 2. The highest BCUT2D eigenvalue weighted by atomic mass is 32.2. The molecular weight excluding hydrogens is 419 g/mol. The fourth-order valence-corrected chi connectivity index (χ4v) is 4.66. The summed E-state index contributed by atoms with van der Waals surface area (Å²) >= 11 is 0. The molecule has 0 amide bonds. The summed E-state index contributed by atoms with van der Waals surface area (Å²) in [5.41, 5.74) is 1.80. The Labute approximate surface area is 176 Å². The van der Waals surface area contributed by atoms with Crippen LogP contribution in [-0.4, -0.2) is 24.2 Å². The van der Waals surface area contributed by atoms with E-state index in [2.05, 4.69) is 4.98 Å². The van der Waals surface area contributed by atoms with Crippen molar-refractivity contribution in [3.05, 3.63) is 82.1 Å². The molecule has 5 aromatic rings. The van der Waals surface area contributed by atoms with E-state index in [1.807, 2.05) is 31.2 Å². The molecule has 0 atom stereocenters. The monoisotopic (exact) mass is 436 g/mol. The van der Waals surface area contributed by atoms with Crippen LogP contribution in [-0.2, 0) is 16.4 Å². The molecule has 0 aliphatic rings. The first-order valence-electron chi connectivity index (χ1n) is 9.53. The maximum atomic E-state index is 14.6. The zero-order valence-electron chi connectivity index (χ0n) is 16.7. The van der Waals surface area contributed by atoms with Gasteiger partial charge in [-0.2, -0.15) is 0 Å². The number of hydrogen-bond acceptors (Lipinski definition) is 5. The standard InChI is InChI=1S/C23H17FN2O4S/c1-13-5-8-19-17(10-13)20-16-4-3-9-25-22(16)30-23(27)21(20)26(19)12-14-11-15(31(2,28)29)6-7-18(14)24/h3-11H,12H2,1-2H3. The minimum atomic E-state index is -3.51. The van der Waals surface area contributed by atoms with Crippen molar-refractivity contribution in [1.82, 2.24) is 9.55 Å². The van der Waals surface area contributed by atoms with Crippen LogP contribution >= 0.6 is 0 Å². The summed E-state index contributed by atoms with van der Waals surface area (Å²) in [6.07, 6.45) is 2.62. The predicted octanol–water partition coefficient (Wildman–Crippen LogP) is 4.20. The van der Waals surface area contributed by atoms with Crippen LogP contribution in [0.4, 0.5) is 4.39 Å². The number of aryl methyl sites for hydroxylation is 1. The van der Waals surface area contributed by atoms with Crippen LogP contribution in [0.3, 0.4) is 0 Å². The minimum absolute atomic E-state index is 0.0159. The van der Waals surface area contributed by atoms with Crippen molar-refractivity contribution in [2.45, 2.75) is 18.4 Å². The minimum Gasteiger partial charge on any atom is -0.402 e. The molecule has 0 radical (unpaired) electrons. The van der Waals surface area contributed by atoms with E-state index < -0.39 is 21.3 Å². The van der Waals surface area contributed by atoms with Gasteiger partial charge in [-0.25, -0.2) is 22.6 Å². The molecule has 0 saturated heterocycles. The Morgan fingerprint density at radius 1 is 1.10 bits per heavy atom. The molecule has 8 heteroatoms. The second kappa shape index (κ2) is 6.75. The van der Waals surface area contributed by atoms with Crippen molar-refractivity contribution in [3.8, 4) is 0 Å². The number of fused-ring (bicyclic) bond motifs is 5. The number of sulfone groups is 1. The molecule has 0 bridgehead atoms. The first-order chi connectivity index (χ1) is 14.7. The van der Waals surface area contributed by atoms with Gasteiger partial charge in [0.15, 0.2) is 9.84 Å². The molecule has 156 valence electrons. The summed E-state index contributed by atoms with van der Waals surface area (Å²) in [6, 6.07) is 13.0. The number of hydrogen-bond donors (Lipinski definition) is 0. The summed E-state index contributed by atoms with van der Waals surface area (Å²) in [5, 5.41) is 2.18. The third-order valence-corrected chi connectivity index (χ3v) is 6.53. The average Bonchev–Trinajstić information content (AvgIpc) is 3.03. The molecule has 0 aliphatic heterocycles. The van der Waals surface area contributed by atoms with Crippen molar-refractivity contribution >= 4 is 42.7 Å². The van der Waals surface area contributed by atoms with Crippen molar-refractivity contribution in [2.24, 2.45) is 0 Å². The van der Waals surface area contributed by atoms with Gasteiger partial charge in [-0.3, -0.25) is 0 Å². The number of pyridine rings is 1. The molecule has 3 aromatic heterocycles. The van der Waals surface area contributed by atoms with E-state index in [4.69, 9.17) is 4.42 Å². The maximum Gasteiger partial charge on any atom is 0.362 e. The largest absolute Gasteiger partial charge is 0.402 e. The lowest BCUT2D eigenvalue weighted by Gasteiger charge is -2.10. The van der Waals surface area contributed by atoms with E-state index in [0.717, 1.165) is 23.3 Å². The van der Waals surface area contributed by atoms with E-state index >= 15 is 0 Å². The van der Waals surface area contributed by atoms with Crippen LogP contribution in [0.15, 0.2) is 68.8 Å². The van der Waals surface area contributed by atoms with Crippen molar-refractivity contribution in [1.29, 1.82) is 0 Å². The first kappa shape index (κ1) is 19.4. The van der Waals surface area contributed by atoms with Crippen LogP contribution in [0.1, 0.15) is 11.1 Å². The molecule has 0 aliphatic carbocycles. The van der Waals surface area contributed by atoms with Gasteiger partial charge in [0.05, 0.1) is 11.4 Å². The summed E-state index contributed by atoms with van der Waals surface area (Å²) in [4.78, 5) is 17.1. The van der Waals surface area contributed by atoms with E-state index in [-0.39, 0.29) is 28.2 Å². The van der Waals surface area contributed by atoms with Gasteiger partial charge >= 0.3 is 5.63 Å². The highest BCUT2D eigenvalue weighted by Crippen LogP contribution is 2.33. The fourth-order valence-electron chi connectivity index (χ4n) is 3.99. The lowest BCUT2D eigenvalue weighted by atomic mass is 10.1. The highest BCUT2D eigenvalue weighted by Gasteiger charge is 2.20. The van der Waals surface area contributed by atoms with Gasteiger partial charge < -0.3 is 8.98 Å². The molecule has 31 heavy (non-hydrogen) atoms. The number of aromatic nitrogens is 2. The van der Waals surface area contributed by atoms with Gasteiger partial charge in [0.1, 0.15) is 11.3 Å². The molecule has 0 spiro atoms. The molecule has 2 aromatic carbocycles. The quantitative estimate of drug-likeness (QED) is 0.396. The lowest BCUT2D eigenvalue weighted by Crippen LogP contribution is -2.10. The van der Waals surface area contributed by atoms with Crippen LogP contribution < -0.4 is 5.63 Å². The fraction of sp³-hybridized carbons (Fsp3) is 0.130. The smallest absolute Gasteiger partial charge is 0.362 e. The molecule has 5 rings (SSSR count). The van der Waals surface area contributed by atoms with Gasteiger partial charge in [-0.05, 0) is 49.4 Å². The van der Waals surface area contributed by atoms with Gasteiger partial charge in [-0.1, -0.05) is 11.6 Å². The van der Waals surface area contributed by atoms with Gasteiger partial charge in [0.25, 0.3) is 0 Å². The van der Waals surface area contributed by atoms with Crippen molar-refractivity contribution in [3.63, 3.8) is 0 Å². The van der Waals surface area contributed by atoms with Crippen LogP contribution in [0, 0.1) is 12.7 Å². The van der Waals surface area contributed by atoms with Crippen LogP contribution in [0.5, 0.6) is 0 Å². The zero-order valence-corrected chi connectivity index (χ0v) is 17.5. The van der Waals surface area contributed by atoms with E-state index in [9.17, 15) is 17.6 Å². The SMILES string of the molecule is Cc1ccc2c(c1)c1c3cccnc3oc(=O)c1n2Cc1cc(S(C)(=O)=O)ccc1F. The van der Waals surface area contributed by atoms with Gasteiger partial charge in [0.2, 0.25) is 5.71 Å².